The fraction of sp³-hybridized carbons (Fsp3) is 0.500. The van der Waals surface area contributed by atoms with Crippen LogP contribution in [0.3, 0.4) is 0 Å². The second-order valence-corrected chi connectivity index (χ2v) is 11.8. The van der Waals surface area contributed by atoms with E-state index >= 15 is 0 Å². The number of rotatable bonds is 5. The molecule has 2 saturated heterocycles. The summed E-state index contributed by atoms with van der Waals surface area (Å²) in [5.41, 5.74) is 2.95. The first-order valence-electron chi connectivity index (χ1n) is 13.6. The van der Waals surface area contributed by atoms with Gasteiger partial charge in [0.15, 0.2) is 0 Å². The number of nitrogens with zero attached hydrogens (tertiary/aromatic N) is 3. The van der Waals surface area contributed by atoms with Crippen LogP contribution in [0.4, 0.5) is 0 Å². The molecule has 1 aliphatic carbocycles. The first-order valence-corrected chi connectivity index (χ1v) is 14.3. The average molecular weight is 557 g/mol. The van der Waals surface area contributed by atoms with Crippen molar-refractivity contribution in [2.75, 3.05) is 33.2 Å². The van der Waals surface area contributed by atoms with Gasteiger partial charge in [-0.3, -0.25) is 14.4 Å². The van der Waals surface area contributed by atoms with E-state index in [4.69, 9.17) is 23.2 Å². The van der Waals surface area contributed by atoms with Gasteiger partial charge in [0.25, 0.3) is 5.91 Å². The van der Waals surface area contributed by atoms with E-state index in [1.165, 1.54) is 18.4 Å². The van der Waals surface area contributed by atoms with E-state index in [1.54, 1.807) is 13.0 Å². The predicted octanol–water partition coefficient (Wildman–Crippen LogP) is 5.59. The summed E-state index contributed by atoms with van der Waals surface area (Å²) in [6.07, 6.45) is 4.50. The number of carbonyl (C=O) groups is 3. The van der Waals surface area contributed by atoms with Crippen LogP contribution in [0.25, 0.3) is 0 Å². The van der Waals surface area contributed by atoms with Gasteiger partial charge >= 0.3 is 0 Å². The molecule has 0 N–H and O–H groups in total. The SMILES string of the molecule is CC(=O)N1CCC(C(=O)N2CCC(N(C)C(=O)c3ccc(C4CC4)cc3)C(c3ccc(Cl)c(Cl)c3)C2)CC1. The molecular formula is C30H35Cl2N3O3. The number of carbonyl (C=O) groups excluding carboxylic acids is 3. The van der Waals surface area contributed by atoms with E-state index in [0.29, 0.717) is 67.0 Å². The minimum atomic E-state index is -0.0977. The van der Waals surface area contributed by atoms with Gasteiger partial charge in [-0.2, -0.15) is 0 Å². The largest absolute Gasteiger partial charge is 0.343 e. The van der Waals surface area contributed by atoms with Crippen molar-refractivity contribution in [1.82, 2.24) is 14.7 Å². The fourth-order valence-corrected chi connectivity index (χ4v) is 6.35. The molecule has 38 heavy (non-hydrogen) atoms. The van der Waals surface area contributed by atoms with Crippen LogP contribution in [0.15, 0.2) is 42.5 Å². The van der Waals surface area contributed by atoms with Crippen molar-refractivity contribution >= 4 is 40.9 Å². The summed E-state index contributed by atoms with van der Waals surface area (Å²) >= 11 is 12.6. The summed E-state index contributed by atoms with van der Waals surface area (Å²) in [5.74, 6) is 0.652. The molecule has 202 valence electrons. The molecule has 2 aromatic carbocycles. The van der Waals surface area contributed by atoms with Gasteiger partial charge in [-0.05, 0) is 73.4 Å². The highest BCUT2D eigenvalue weighted by molar-refractivity contribution is 6.42. The molecule has 2 aromatic rings. The van der Waals surface area contributed by atoms with Crippen LogP contribution in [0, 0.1) is 5.92 Å². The Bertz CT molecular complexity index is 1210. The minimum Gasteiger partial charge on any atom is -0.343 e. The molecule has 2 aliphatic heterocycles. The van der Waals surface area contributed by atoms with E-state index in [0.717, 1.165) is 5.56 Å². The number of likely N-dealkylation sites (tertiary alicyclic amines) is 2. The summed E-state index contributed by atoms with van der Waals surface area (Å²) in [5, 5.41) is 0.945. The second kappa shape index (κ2) is 11.3. The summed E-state index contributed by atoms with van der Waals surface area (Å²) in [6.45, 7) is 3.91. The Morgan fingerprint density at radius 3 is 2.05 bits per heavy atom. The zero-order valence-corrected chi connectivity index (χ0v) is 23.5. The lowest BCUT2D eigenvalue weighted by Crippen LogP contribution is -2.53. The summed E-state index contributed by atoms with van der Waals surface area (Å²) in [4.78, 5) is 44.4. The number of piperidine rings is 2. The molecular weight excluding hydrogens is 521 g/mol. The van der Waals surface area contributed by atoms with Gasteiger partial charge in [-0.25, -0.2) is 0 Å². The third kappa shape index (κ3) is 5.72. The number of hydrogen-bond donors (Lipinski definition) is 0. The molecule has 2 atom stereocenters. The Balaban J connectivity index is 1.34. The lowest BCUT2D eigenvalue weighted by Gasteiger charge is -2.44. The minimum absolute atomic E-state index is 0.0150. The molecule has 8 heteroatoms. The van der Waals surface area contributed by atoms with Gasteiger partial charge in [0.1, 0.15) is 0 Å². The maximum absolute atomic E-state index is 13.6. The third-order valence-electron chi connectivity index (χ3n) is 8.57. The van der Waals surface area contributed by atoms with Crippen LogP contribution in [0.1, 0.15) is 72.3 Å². The zero-order valence-electron chi connectivity index (χ0n) is 22.0. The van der Waals surface area contributed by atoms with Crippen molar-refractivity contribution in [3.05, 3.63) is 69.2 Å². The highest BCUT2D eigenvalue weighted by Crippen LogP contribution is 2.40. The van der Waals surface area contributed by atoms with Gasteiger partial charge < -0.3 is 14.7 Å². The molecule has 3 aliphatic rings. The Morgan fingerprint density at radius 2 is 1.45 bits per heavy atom. The lowest BCUT2D eigenvalue weighted by molar-refractivity contribution is -0.141. The molecule has 0 spiro atoms. The fourth-order valence-electron chi connectivity index (χ4n) is 6.04. The molecule has 0 radical (unpaired) electrons. The summed E-state index contributed by atoms with van der Waals surface area (Å²) in [6, 6.07) is 13.5. The summed E-state index contributed by atoms with van der Waals surface area (Å²) in [7, 11) is 1.86. The monoisotopic (exact) mass is 555 g/mol. The van der Waals surface area contributed by atoms with Crippen LogP contribution in [0.2, 0.25) is 10.0 Å². The molecule has 5 rings (SSSR count). The molecule has 3 fully saturated rings. The van der Waals surface area contributed by atoms with Gasteiger partial charge in [-0.15, -0.1) is 0 Å². The van der Waals surface area contributed by atoms with Crippen LogP contribution in [-0.4, -0.2) is 71.7 Å². The normalized spacial score (nSPS) is 22.3. The Morgan fingerprint density at radius 1 is 0.816 bits per heavy atom. The quantitative estimate of drug-likeness (QED) is 0.483. The van der Waals surface area contributed by atoms with E-state index in [-0.39, 0.29) is 35.6 Å². The van der Waals surface area contributed by atoms with E-state index in [9.17, 15) is 14.4 Å². The molecule has 0 aromatic heterocycles. The number of amides is 3. The molecule has 3 amide bonds. The van der Waals surface area contributed by atoms with Crippen molar-refractivity contribution in [3.8, 4) is 0 Å². The maximum Gasteiger partial charge on any atom is 0.253 e. The number of likely N-dealkylation sites (N-methyl/N-ethyl adjacent to an activating group) is 1. The highest BCUT2D eigenvalue weighted by Gasteiger charge is 2.39. The second-order valence-electron chi connectivity index (χ2n) is 11.0. The van der Waals surface area contributed by atoms with E-state index in [1.807, 2.05) is 46.0 Å². The van der Waals surface area contributed by atoms with Crippen molar-refractivity contribution in [3.63, 3.8) is 0 Å². The molecule has 2 unspecified atom stereocenters. The van der Waals surface area contributed by atoms with Crippen molar-refractivity contribution in [2.45, 2.75) is 56.9 Å². The Labute approximate surface area is 234 Å². The van der Waals surface area contributed by atoms with Crippen LogP contribution in [0.5, 0.6) is 0 Å². The Hall–Kier alpha value is -2.57. The van der Waals surface area contributed by atoms with Gasteiger partial charge in [-0.1, -0.05) is 41.4 Å². The molecule has 2 heterocycles. The first kappa shape index (κ1) is 27.0. The van der Waals surface area contributed by atoms with Gasteiger partial charge in [0, 0.05) is 63.6 Å². The topological polar surface area (TPSA) is 60.9 Å². The van der Waals surface area contributed by atoms with Crippen LogP contribution < -0.4 is 0 Å². The molecule has 6 nitrogen and oxygen atoms in total. The number of hydrogen-bond acceptors (Lipinski definition) is 3. The summed E-state index contributed by atoms with van der Waals surface area (Å²) < 4.78 is 0. The zero-order chi connectivity index (χ0) is 27.0. The lowest BCUT2D eigenvalue weighted by atomic mass is 9.83. The Kier molecular flexibility index (Phi) is 8.01. The van der Waals surface area contributed by atoms with Gasteiger partial charge in [0.2, 0.25) is 11.8 Å². The van der Waals surface area contributed by atoms with Crippen LogP contribution in [-0.2, 0) is 9.59 Å². The maximum atomic E-state index is 13.6. The number of halogens is 2. The molecule has 0 bridgehead atoms. The third-order valence-corrected chi connectivity index (χ3v) is 9.31. The van der Waals surface area contributed by atoms with Crippen molar-refractivity contribution in [1.29, 1.82) is 0 Å². The predicted molar refractivity (Wildman–Crippen MR) is 150 cm³/mol. The average Bonchev–Trinajstić information content (AvgIpc) is 3.79. The van der Waals surface area contributed by atoms with E-state index < -0.39 is 0 Å². The number of benzene rings is 2. The first-order chi connectivity index (χ1) is 18.2. The van der Waals surface area contributed by atoms with Gasteiger partial charge in [0.05, 0.1) is 10.0 Å². The van der Waals surface area contributed by atoms with Crippen molar-refractivity contribution in [2.24, 2.45) is 5.92 Å². The molecule has 1 saturated carbocycles. The highest BCUT2D eigenvalue weighted by atomic mass is 35.5. The van der Waals surface area contributed by atoms with E-state index in [2.05, 4.69) is 12.1 Å². The van der Waals surface area contributed by atoms with Crippen molar-refractivity contribution < 1.29 is 14.4 Å². The standard InChI is InChI=1S/C30H35Cl2N3O3/c1-19(36)34-14-11-23(12-15-34)30(38)35-16-13-28(25(18-35)24-9-10-26(31)27(32)17-24)33(2)29(37)22-7-5-21(6-8-22)20-3-4-20/h5-10,17,20,23,25,28H,3-4,11-16,18H2,1-2H3. The smallest absolute Gasteiger partial charge is 0.253 e. The van der Waals surface area contributed by atoms with Crippen LogP contribution >= 0.6 is 23.2 Å².